The van der Waals surface area contributed by atoms with Crippen molar-refractivity contribution in [1.29, 1.82) is 0 Å². The molecular weight excluding hydrogens is 384 g/mol. The maximum Gasteiger partial charge on any atom is 0.226 e. The van der Waals surface area contributed by atoms with Gasteiger partial charge in [-0.15, -0.1) is 0 Å². The van der Waals surface area contributed by atoms with Gasteiger partial charge >= 0.3 is 0 Å². The molecule has 8 nitrogen and oxygen atoms in total. The van der Waals surface area contributed by atoms with E-state index in [0.717, 1.165) is 46.8 Å². The van der Waals surface area contributed by atoms with Crippen LogP contribution in [0.15, 0.2) is 18.2 Å². The van der Waals surface area contributed by atoms with E-state index in [2.05, 4.69) is 10.3 Å². The first-order chi connectivity index (χ1) is 14.7. The number of fused-ring (bicyclic) bond motifs is 2. The molecule has 0 fully saturated rings. The summed E-state index contributed by atoms with van der Waals surface area (Å²) in [5.74, 6) is 2.36. The van der Waals surface area contributed by atoms with Crippen LogP contribution in [-0.4, -0.2) is 44.6 Å². The van der Waals surface area contributed by atoms with Crippen LogP contribution >= 0.6 is 0 Å². The van der Waals surface area contributed by atoms with Crippen LogP contribution in [0.4, 0.5) is 11.5 Å². The first kappa shape index (κ1) is 22.1. The van der Waals surface area contributed by atoms with Crippen molar-refractivity contribution in [3.05, 3.63) is 34.9 Å². The zero-order valence-corrected chi connectivity index (χ0v) is 17.8. The molecular formula is C22H32N4O4. The van der Waals surface area contributed by atoms with Gasteiger partial charge in [-0.1, -0.05) is 6.07 Å². The molecule has 164 valence electrons. The fraction of sp³-hybridized carbons (Fsp3) is 0.500. The Bertz CT molecular complexity index is 844. The quantitative estimate of drug-likeness (QED) is 0.386. The second-order valence-corrected chi connectivity index (χ2v) is 6.91. The number of pyridine rings is 1. The Hall–Kier alpha value is -2.55. The lowest BCUT2D eigenvalue weighted by atomic mass is 9.98. The lowest BCUT2D eigenvalue weighted by Gasteiger charge is -2.25. The van der Waals surface area contributed by atoms with Crippen molar-refractivity contribution >= 4 is 11.5 Å². The smallest absolute Gasteiger partial charge is 0.226 e. The Labute approximate surface area is 177 Å². The summed E-state index contributed by atoms with van der Waals surface area (Å²) >= 11 is 0. The van der Waals surface area contributed by atoms with Gasteiger partial charge in [0.25, 0.3) is 0 Å². The van der Waals surface area contributed by atoms with Crippen molar-refractivity contribution in [2.75, 3.05) is 50.6 Å². The van der Waals surface area contributed by atoms with Gasteiger partial charge in [-0.05, 0) is 31.9 Å². The third-order valence-electron chi connectivity index (χ3n) is 4.88. The minimum Gasteiger partial charge on any atom is -0.491 e. The number of nitrogens with zero attached hydrogens (tertiary/aromatic N) is 1. The summed E-state index contributed by atoms with van der Waals surface area (Å²) in [6.07, 6.45) is 1.56. The predicted molar refractivity (Wildman–Crippen MR) is 117 cm³/mol. The van der Waals surface area contributed by atoms with Crippen LogP contribution in [-0.2, 0) is 22.4 Å². The predicted octanol–water partition coefficient (Wildman–Crippen LogP) is 3.07. The number of nitrogens with two attached hydrogens (primary N) is 2. The van der Waals surface area contributed by atoms with Crippen molar-refractivity contribution in [2.24, 2.45) is 5.73 Å². The Morgan fingerprint density at radius 1 is 1.13 bits per heavy atom. The number of hydrogen-bond acceptors (Lipinski definition) is 8. The molecule has 0 aliphatic carbocycles. The van der Waals surface area contributed by atoms with Gasteiger partial charge in [0.15, 0.2) is 0 Å². The summed E-state index contributed by atoms with van der Waals surface area (Å²) in [6, 6.07) is 5.85. The van der Waals surface area contributed by atoms with Gasteiger partial charge in [0.2, 0.25) is 5.88 Å². The number of anilines is 2. The van der Waals surface area contributed by atoms with Crippen molar-refractivity contribution in [2.45, 2.75) is 33.2 Å². The van der Waals surface area contributed by atoms with E-state index in [1.807, 2.05) is 32.0 Å². The van der Waals surface area contributed by atoms with Crippen LogP contribution < -0.4 is 26.3 Å². The van der Waals surface area contributed by atoms with Crippen molar-refractivity contribution < 1.29 is 18.9 Å². The highest BCUT2D eigenvalue weighted by molar-refractivity contribution is 5.70. The summed E-state index contributed by atoms with van der Waals surface area (Å²) in [6.45, 7) is 8.14. The van der Waals surface area contributed by atoms with E-state index in [-0.39, 0.29) is 0 Å². The average molecular weight is 417 g/mol. The molecule has 0 atom stereocenters. The normalized spacial score (nSPS) is 12.1. The van der Waals surface area contributed by atoms with Gasteiger partial charge in [0.05, 0.1) is 12.3 Å². The summed E-state index contributed by atoms with van der Waals surface area (Å²) in [5.41, 5.74) is 15.9. The molecule has 0 saturated carbocycles. The number of benzene rings is 1. The maximum absolute atomic E-state index is 6.18. The number of ether oxygens (including phenoxy) is 4. The topological polar surface area (TPSA) is 114 Å². The molecule has 0 radical (unpaired) electrons. The van der Waals surface area contributed by atoms with E-state index in [0.29, 0.717) is 57.7 Å². The standard InChI is InChI=1S/C22H32N4O4/c1-3-27-9-5-8-25-20-17-12-15-6-7-16(29-11-10-28-4-2)13-19(15)30-22(17)26-21(24)18(20)14-23/h6-7,13H,3-5,8-12,14,23H2,1-2H3,(H3,24,25,26). The summed E-state index contributed by atoms with van der Waals surface area (Å²) in [5, 5.41) is 3.48. The van der Waals surface area contributed by atoms with Gasteiger partial charge in [-0.25, -0.2) is 0 Å². The molecule has 5 N–H and O–H groups in total. The second kappa shape index (κ2) is 11.0. The van der Waals surface area contributed by atoms with Crippen LogP contribution in [0.1, 0.15) is 37.0 Å². The molecule has 30 heavy (non-hydrogen) atoms. The minimum atomic E-state index is 0.305. The zero-order chi connectivity index (χ0) is 21.3. The summed E-state index contributed by atoms with van der Waals surface area (Å²) < 4.78 is 22.6. The molecule has 1 aliphatic rings. The SMILES string of the molecule is CCOCCCNc1c(CN)c(N)nc2c1Cc1ccc(OCCOCC)cc1O2. The number of rotatable bonds is 12. The van der Waals surface area contributed by atoms with Gasteiger partial charge in [-0.3, -0.25) is 0 Å². The van der Waals surface area contributed by atoms with E-state index < -0.39 is 0 Å². The maximum atomic E-state index is 6.18. The zero-order valence-electron chi connectivity index (χ0n) is 17.8. The fourth-order valence-electron chi connectivity index (χ4n) is 3.38. The molecule has 1 aromatic heterocycles. The average Bonchev–Trinajstić information content (AvgIpc) is 2.75. The van der Waals surface area contributed by atoms with E-state index in [9.17, 15) is 0 Å². The van der Waals surface area contributed by atoms with Crippen molar-refractivity contribution in [1.82, 2.24) is 4.98 Å². The van der Waals surface area contributed by atoms with Gasteiger partial charge in [0, 0.05) is 56.5 Å². The minimum absolute atomic E-state index is 0.305. The molecule has 8 heteroatoms. The molecule has 0 unspecified atom stereocenters. The summed E-state index contributed by atoms with van der Waals surface area (Å²) in [7, 11) is 0. The highest BCUT2D eigenvalue weighted by Gasteiger charge is 2.25. The molecule has 3 rings (SSSR count). The van der Waals surface area contributed by atoms with Crippen LogP contribution in [0.3, 0.4) is 0 Å². The van der Waals surface area contributed by atoms with Crippen LogP contribution in [0.5, 0.6) is 17.4 Å². The van der Waals surface area contributed by atoms with Gasteiger partial charge in [0.1, 0.15) is 23.9 Å². The molecule has 0 spiro atoms. The second-order valence-electron chi connectivity index (χ2n) is 6.91. The molecule has 2 aromatic rings. The molecule has 0 bridgehead atoms. The van der Waals surface area contributed by atoms with Crippen LogP contribution in [0.2, 0.25) is 0 Å². The van der Waals surface area contributed by atoms with E-state index in [4.69, 9.17) is 30.4 Å². The molecule has 1 aromatic carbocycles. The van der Waals surface area contributed by atoms with Crippen LogP contribution in [0, 0.1) is 0 Å². The van der Waals surface area contributed by atoms with E-state index >= 15 is 0 Å². The molecule has 0 amide bonds. The highest BCUT2D eigenvalue weighted by atomic mass is 16.5. The highest BCUT2D eigenvalue weighted by Crippen LogP contribution is 2.42. The van der Waals surface area contributed by atoms with E-state index in [1.54, 1.807) is 0 Å². The number of hydrogen-bond donors (Lipinski definition) is 3. The lowest BCUT2D eigenvalue weighted by Crippen LogP contribution is -2.17. The van der Waals surface area contributed by atoms with Crippen molar-refractivity contribution in [3.63, 3.8) is 0 Å². The van der Waals surface area contributed by atoms with Gasteiger partial charge in [-0.2, -0.15) is 4.98 Å². The first-order valence-electron chi connectivity index (χ1n) is 10.5. The molecule has 1 aliphatic heterocycles. The molecule has 0 saturated heterocycles. The molecule has 2 heterocycles. The van der Waals surface area contributed by atoms with Gasteiger partial charge < -0.3 is 35.7 Å². The number of nitrogens with one attached hydrogen (secondary N) is 1. The Kier molecular flexibility index (Phi) is 8.12. The third kappa shape index (κ3) is 5.33. The monoisotopic (exact) mass is 416 g/mol. The fourth-order valence-corrected chi connectivity index (χ4v) is 3.38. The Morgan fingerprint density at radius 3 is 2.70 bits per heavy atom. The third-order valence-corrected chi connectivity index (χ3v) is 4.88. The number of nitrogen functional groups attached to an aromatic ring is 1. The number of aromatic nitrogens is 1. The first-order valence-corrected chi connectivity index (χ1v) is 10.5. The Morgan fingerprint density at radius 2 is 1.93 bits per heavy atom. The van der Waals surface area contributed by atoms with Crippen molar-refractivity contribution in [3.8, 4) is 17.4 Å². The van der Waals surface area contributed by atoms with E-state index in [1.165, 1.54) is 0 Å². The lowest BCUT2D eigenvalue weighted by molar-refractivity contribution is 0.110. The van der Waals surface area contributed by atoms with Crippen LogP contribution in [0.25, 0.3) is 0 Å². The summed E-state index contributed by atoms with van der Waals surface area (Å²) in [4.78, 5) is 4.47. The Balaban J connectivity index is 1.77. The largest absolute Gasteiger partial charge is 0.491 e.